The van der Waals surface area contributed by atoms with Crippen molar-refractivity contribution in [2.45, 2.75) is 42.9 Å². The second-order valence-corrected chi connectivity index (χ2v) is 8.59. The number of nitrogens with one attached hydrogen (secondary N) is 1. The van der Waals surface area contributed by atoms with Gasteiger partial charge in [-0.3, -0.25) is 4.79 Å². The molecule has 0 aliphatic heterocycles. The number of anilines is 1. The van der Waals surface area contributed by atoms with Crippen LogP contribution in [0.3, 0.4) is 0 Å². The Balaban J connectivity index is 1.91. The molecule has 0 fully saturated rings. The van der Waals surface area contributed by atoms with E-state index in [0.717, 1.165) is 23.9 Å². The van der Waals surface area contributed by atoms with Gasteiger partial charge in [0.2, 0.25) is 11.1 Å². The summed E-state index contributed by atoms with van der Waals surface area (Å²) in [6.45, 7) is 5.77. The number of carbonyl (C=O) groups excluding carboxylic acids is 1. The third kappa shape index (κ3) is 5.18. The zero-order valence-corrected chi connectivity index (χ0v) is 17.3. The van der Waals surface area contributed by atoms with Crippen molar-refractivity contribution in [1.82, 2.24) is 20.2 Å². The van der Waals surface area contributed by atoms with Gasteiger partial charge < -0.3 is 5.32 Å². The number of hydrogen-bond donors (Lipinski definition) is 1. The lowest BCUT2D eigenvalue weighted by atomic mass is 10.1. The van der Waals surface area contributed by atoms with E-state index in [-0.39, 0.29) is 5.69 Å². The first-order valence-corrected chi connectivity index (χ1v) is 9.92. The fourth-order valence-electron chi connectivity index (χ4n) is 2.66. The van der Waals surface area contributed by atoms with Gasteiger partial charge in [-0.2, -0.15) is 13.2 Å². The first kappa shape index (κ1) is 21.8. The van der Waals surface area contributed by atoms with Crippen molar-refractivity contribution in [3.63, 3.8) is 0 Å². The van der Waals surface area contributed by atoms with Crippen molar-refractivity contribution in [2.24, 2.45) is 0 Å². The third-order valence-corrected chi connectivity index (χ3v) is 5.28. The summed E-state index contributed by atoms with van der Waals surface area (Å²) in [7, 11) is 0. The first-order valence-electron chi connectivity index (χ1n) is 9.04. The topological polar surface area (TPSA) is 72.7 Å². The molecule has 1 aromatic heterocycles. The van der Waals surface area contributed by atoms with Crippen LogP contribution in [-0.4, -0.2) is 26.1 Å². The van der Waals surface area contributed by atoms with Crippen LogP contribution in [0.4, 0.5) is 18.9 Å². The normalized spacial score (nSPS) is 13.1. The highest BCUT2D eigenvalue weighted by molar-refractivity contribution is 8.00. The molecule has 3 rings (SSSR count). The van der Waals surface area contributed by atoms with E-state index < -0.39 is 28.4 Å². The maximum absolute atomic E-state index is 13.1. The highest BCUT2D eigenvalue weighted by Gasteiger charge is 2.31. The largest absolute Gasteiger partial charge is 0.416 e. The first-order chi connectivity index (χ1) is 14.1. The summed E-state index contributed by atoms with van der Waals surface area (Å²) in [5.41, 5.74) is -0.506. The molecule has 6 nitrogen and oxygen atoms in total. The summed E-state index contributed by atoms with van der Waals surface area (Å²) in [4.78, 5) is 13.1. The Labute approximate surface area is 175 Å². The van der Waals surface area contributed by atoms with Crippen LogP contribution >= 0.6 is 11.8 Å². The van der Waals surface area contributed by atoms with Gasteiger partial charge in [0.15, 0.2) is 0 Å². The summed E-state index contributed by atoms with van der Waals surface area (Å²) in [5.74, 6) is -0.478. The van der Waals surface area contributed by atoms with E-state index in [2.05, 4.69) is 20.8 Å². The fraction of sp³-hybridized carbons (Fsp3) is 0.300. The van der Waals surface area contributed by atoms with Crippen molar-refractivity contribution < 1.29 is 18.0 Å². The van der Waals surface area contributed by atoms with E-state index in [0.29, 0.717) is 10.7 Å². The van der Waals surface area contributed by atoms with E-state index in [1.165, 1.54) is 12.1 Å². The molecule has 0 saturated heterocycles. The summed E-state index contributed by atoms with van der Waals surface area (Å²) < 4.78 is 40.6. The maximum atomic E-state index is 13.1. The third-order valence-electron chi connectivity index (χ3n) is 4.10. The molecule has 3 aromatic rings. The van der Waals surface area contributed by atoms with Crippen LogP contribution in [0.25, 0.3) is 0 Å². The molecule has 158 valence electrons. The molecule has 0 saturated carbocycles. The van der Waals surface area contributed by atoms with Crippen LogP contribution in [0.1, 0.15) is 37.1 Å². The minimum absolute atomic E-state index is 0.0618. The Bertz CT molecular complexity index is 1020. The molecule has 2 aromatic carbocycles. The number of rotatable bonds is 5. The van der Waals surface area contributed by atoms with Crippen LogP contribution in [0.15, 0.2) is 59.8 Å². The molecule has 1 unspecified atom stereocenters. The summed E-state index contributed by atoms with van der Waals surface area (Å²) in [5, 5.41) is 14.0. The van der Waals surface area contributed by atoms with Gasteiger partial charge in [-0.15, -0.1) is 5.10 Å². The van der Waals surface area contributed by atoms with Gasteiger partial charge in [0.1, 0.15) is 5.25 Å². The van der Waals surface area contributed by atoms with Crippen molar-refractivity contribution >= 4 is 23.4 Å². The number of benzene rings is 2. The number of halogens is 3. The monoisotopic (exact) mass is 435 g/mol. The minimum atomic E-state index is -4.50. The van der Waals surface area contributed by atoms with Crippen LogP contribution < -0.4 is 5.32 Å². The van der Waals surface area contributed by atoms with Crippen molar-refractivity contribution in [3.05, 3.63) is 65.7 Å². The van der Waals surface area contributed by atoms with E-state index >= 15 is 0 Å². The molecular formula is C20H20F3N5OS. The Kier molecular flexibility index (Phi) is 6.16. The molecule has 0 aliphatic carbocycles. The molecule has 0 bridgehead atoms. The quantitative estimate of drug-likeness (QED) is 0.576. The van der Waals surface area contributed by atoms with E-state index in [1.54, 1.807) is 28.9 Å². The van der Waals surface area contributed by atoms with Crippen LogP contribution in [0.5, 0.6) is 0 Å². The molecule has 0 radical (unpaired) electrons. The second-order valence-electron chi connectivity index (χ2n) is 7.52. The zero-order valence-electron chi connectivity index (χ0n) is 16.5. The van der Waals surface area contributed by atoms with Gasteiger partial charge in [0.05, 0.1) is 11.1 Å². The molecule has 1 heterocycles. The number of alkyl halides is 3. The van der Waals surface area contributed by atoms with Crippen molar-refractivity contribution in [3.8, 4) is 0 Å². The minimum Gasteiger partial charge on any atom is -0.325 e. The molecule has 0 aliphatic rings. The number of hydrogen-bond acceptors (Lipinski definition) is 5. The molecule has 0 spiro atoms. The van der Waals surface area contributed by atoms with Gasteiger partial charge in [-0.05, 0) is 55.0 Å². The number of tetrazole rings is 1. The average Bonchev–Trinajstić information content (AvgIpc) is 3.15. The number of nitrogens with zero attached hydrogens (tertiary/aromatic N) is 4. The van der Waals surface area contributed by atoms with Gasteiger partial charge in [-0.1, -0.05) is 48.2 Å². The molecule has 1 N–H and O–H groups in total. The number of amides is 1. The molecule has 10 heteroatoms. The van der Waals surface area contributed by atoms with Gasteiger partial charge in [0.25, 0.3) is 0 Å². The summed E-state index contributed by atoms with van der Waals surface area (Å²) in [6, 6.07) is 13.5. The Hall–Kier alpha value is -2.88. The van der Waals surface area contributed by atoms with Crippen LogP contribution in [-0.2, 0) is 16.5 Å². The van der Waals surface area contributed by atoms with Gasteiger partial charge in [0, 0.05) is 5.69 Å². The Morgan fingerprint density at radius 3 is 2.40 bits per heavy atom. The van der Waals surface area contributed by atoms with Crippen molar-refractivity contribution in [2.75, 3.05) is 5.32 Å². The molecule has 30 heavy (non-hydrogen) atoms. The highest BCUT2D eigenvalue weighted by Crippen LogP contribution is 2.37. The number of aromatic nitrogens is 4. The SMILES string of the molecule is CC(C)(C)n1nnnc1SC(C(=O)Nc1cccc(C(F)(F)F)c1)c1ccccc1. The standard InChI is InChI=1S/C20H20F3N5OS/c1-19(2,3)28-18(25-26-27-28)30-16(13-8-5-4-6-9-13)17(29)24-15-11-7-10-14(12-15)20(21,22)23/h4-12,16H,1-3H3,(H,24,29). The Morgan fingerprint density at radius 2 is 1.77 bits per heavy atom. The Morgan fingerprint density at radius 1 is 1.07 bits per heavy atom. The van der Waals surface area contributed by atoms with E-state index in [4.69, 9.17) is 0 Å². The second kappa shape index (κ2) is 8.47. The van der Waals surface area contributed by atoms with E-state index in [9.17, 15) is 18.0 Å². The molecular weight excluding hydrogens is 415 g/mol. The lowest BCUT2D eigenvalue weighted by molar-refractivity contribution is -0.137. The predicted octanol–water partition coefficient (Wildman–Crippen LogP) is 4.92. The zero-order chi connectivity index (χ0) is 21.9. The smallest absolute Gasteiger partial charge is 0.325 e. The highest BCUT2D eigenvalue weighted by atomic mass is 32.2. The number of thioether (sulfide) groups is 1. The lowest BCUT2D eigenvalue weighted by Crippen LogP contribution is -2.25. The van der Waals surface area contributed by atoms with Crippen molar-refractivity contribution in [1.29, 1.82) is 0 Å². The maximum Gasteiger partial charge on any atom is 0.416 e. The van der Waals surface area contributed by atoms with Crippen LogP contribution in [0, 0.1) is 0 Å². The summed E-state index contributed by atoms with van der Waals surface area (Å²) >= 11 is 1.13. The molecule has 1 atom stereocenters. The van der Waals surface area contributed by atoms with Crippen LogP contribution in [0.2, 0.25) is 0 Å². The van der Waals surface area contributed by atoms with Gasteiger partial charge >= 0.3 is 6.18 Å². The fourth-order valence-corrected chi connectivity index (χ4v) is 3.82. The predicted molar refractivity (Wildman–Crippen MR) is 108 cm³/mol. The van der Waals surface area contributed by atoms with Gasteiger partial charge in [-0.25, -0.2) is 4.68 Å². The summed E-state index contributed by atoms with van der Waals surface area (Å²) in [6.07, 6.45) is -4.50. The number of carbonyl (C=O) groups is 1. The average molecular weight is 435 g/mol. The molecule has 1 amide bonds. The lowest BCUT2D eigenvalue weighted by Gasteiger charge is -2.22. The van der Waals surface area contributed by atoms with E-state index in [1.807, 2.05) is 26.8 Å².